The maximum atomic E-state index is 6.15. The number of hydrogen-bond donors (Lipinski definition) is 2. The van der Waals surface area contributed by atoms with E-state index < -0.39 is 5.54 Å². The van der Waals surface area contributed by atoms with Gasteiger partial charge in [0.25, 0.3) is 0 Å². The van der Waals surface area contributed by atoms with Crippen molar-refractivity contribution in [2.45, 2.75) is 32.4 Å². The third kappa shape index (κ3) is 2.06. The lowest BCUT2D eigenvalue weighted by molar-refractivity contribution is 0.420. The molecule has 92 valence electrons. The van der Waals surface area contributed by atoms with Gasteiger partial charge in [0.05, 0.1) is 11.0 Å². The highest BCUT2D eigenvalue weighted by atomic mass is 15.0. The summed E-state index contributed by atoms with van der Waals surface area (Å²) in [6, 6.07) is 5.93. The van der Waals surface area contributed by atoms with Crippen LogP contribution >= 0.6 is 0 Å². The highest BCUT2D eigenvalue weighted by Crippen LogP contribution is 2.24. The number of aryl methyl sites for hydroxylation is 2. The molecule has 0 bridgehead atoms. The van der Waals surface area contributed by atoms with E-state index in [1.54, 1.807) is 0 Å². The summed E-state index contributed by atoms with van der Waals surface area (Å²) in [5.74, 6) is 0.998. The van der Waals surface area contributed by atoms with Crippen molar-refractivity contribution in [1.29, 1.82) is 0 Å². The van der Waals surface area contributed by atoms with Crippen molar-refractivity contribution in [2.75, 3.05) is 0 Å². The molecule has 1 atom stereocenters. The zero-order valence-corrected chi connectivity index (χ0v) is 10.9. The van der Waals surface area contributed by atoms with Gasteiger partial charge in [-0.05, 0) is 38.5 Å². The Kier molecular flexibility index (Phi) is 2.72. The Balaban J connectivity index is 2.52. The van der Waals surface area contributed by atoms with E-state index in [0.29, 0.717) is 0 Å². The van der Waals surface area contributed by atoms with Crippen molar-refractivity contribution in [1.82, 2.24) is 9.55 Å². The monoisotopic (exact) mass is 232 g/mol. The van der Waals surface area contributed by atoms with Gasteiger partial charge in [0, 0.05) is 18.6 Å². The molecule has 0 fully saturated rings. The number of benzene rings is 1. The molecule has 0 amide bonds. The minimum Gasteiger partial charge on any atom is -0.331 e. The molecule has 4 heteroatoms. The summed E-state index contributed by atoms with van der Waals surface area (Å²) in [6.07, 6.45) is 0. The molecule has 0 aliphatic carbocycles. The Morgan fingerprint density at radius 3 is 2.59 bits per heavy atom. The minimum atomic E-state index is -0.433. The van der Waals surface area contributed by atoms with Crippen LogP contribution < -0.4 is 11.5 Å². The lowest BCUT2D eigenvalue weighted by Gasteiger charge is -2.27. The van der Waals surface area contributed by atoms with Crippen LogP contribution in [0.15, 0.2) is 18.2 Å². The van der Waals surface area contributed by atoms with Crippen molar-refractivity contribution < 1.29 is 0 Å². The smallest absolute Gasteiger partial charge is 0.106 e. The van der Waals surface area contributed by atoms with Crippen molar-refractivity contribution in [3.63, 3.8) is 0 Å². The summed E-state index contributed by atoms with van der Waals surface area (Å²) in [4.78, 5) is 4.50. The standard InChI is InChI=1S/C13H20N4/c1-8-16-10-7-9(12(14)13(2,3)15)5-6-11(10)17(8)4/h5-7,12H,14-15H2,1-4H3. The van der Waals surface area contributed by atoms with E-state index in [0.717, 1.165) is 22.4 Å². The molecular weight excluding hydrogens is 212 g/mol. The molecule has 1 aromatic heterocycles. The van der Waals surface area contributed by atoms with Gasteiger partial charge in [0.1, 0.15) is 5.82 Å². The summed E-state index contributed by atoms with van der Waals surface area (Å²) in [6.45, 7) is 5.86. The van der Waals surface area contributed by atoms with E-state index in [1.165, 1.54) is 0 Å². The number of nitrogens with zero attached hydrogens (tertiary/aromatic N) is 2. The fraction of sp³-hybridized carbons (Fsp3) is 0.462. The minimum absolute atomic E-state index is 0.186. The van der Waals surface area contributed by atoms with Gasteiger partial charge in [-0.25, -0.2) is 4.98 Å². The van der Waals surface area contributed by atoms with Crippen LogP contribution in [-0.4, -0.2) is 15.1 Å². The lowest BCUT2D eigenvalue weighted by atomic mass is 9.90. The number of fused-ring (bicyclic) bond motifs is 1. The van der Waals surface area contributed by atoms with Crippen LogP contribution in [0.25, 0.3) is 11.0 Å². The van der Waals surface area contributed by atoms with Gasteiger partial charge in [-0.1, -0.05) is 6.07 Å². The predicted octanol–water partition coefficient (Wildman–Crippen LogP) is 1.62. The van der Waals surface area contributed by atoms with Crippen LogP contribution in [0, 0.1) is 6.92 Å². The van der Waals surface area contributed by atoms with Crippen LogP contribution in [0.4, 0.5) is 0 Å². The van der Waals surface area contributed by atoms with Gasteiger partial charge in [-0.3, -0.25) is 0 Å². The Morgan fingerprint density at radius 2 is 2.00 bits per heavy atom. The summed E-state index contributed by atoms with van der Waals surface area (Å²) in [5.41, 5.74) is 14.9. The number of nitrogens with two attached hydrogens (primary N) is 2. The van der Waals surface area contributed by atoms with Gasteiger partial charge in [-0.15, -0.1) is 0 Å². The molecule has 4 N–H and O–H groups in total. The zero-order valence-electron chi connectivity index (χ0n) is 10.9. The molecule has 2 rings (SSSR count). The molecule has 1 heterocycles. The average Bonchev–Trinajstić information content (AvgIpc) is 2.52. The molecule has 1 aromatic carbocycles. The van der Waals surface area contributed by atoms with Gasteiger partial charge < -0.3 is 16.0 Å². The second kappa shape index (κ2) is 3.82. The quantitative estimate of drug-likeness (QED) is 0.826. The summed E-state index contributed by atoms with van der Waals surface area (Å²) >= 11 is 0. The summed E-state index contributed by atoms with van der Waals surface area (Å²) in [7, 11) is 2.01. The molecule has 0 aliphatic heterocycles. The number of aromatic nitrogens is 2. The molecule has 17 heavy (non-hydrogen) atoms. The number of imidazole rings is 1. The second-order valence-corrected chi connectivity index (χ2v) is 5.27. The first kappa shape index (κ1) is 12.1. The van der Waals surface area contributed by atoms with Crippen LogP contribution in [-0.2, 0) is 7.05 Å². The van der Waals surface area contributed by atoms with E-state index in [2.05, 4.69) is 15.6 Å². The Labute approximate surface area is 102 Å². The van der Waals surface area contributed by atoms with Crippen molar-refractivity contribution in [3.05, 3.63) is 29.6 Å². The van der Waals surface area contributed by atoms with Crippen molar-refractivity contribution >= 4 is 11.0 Å². The van der Waals surface area contributed by atoms with Gasteiger partial charge in [-0.2, -0.15) is 0 Å². The molecule has 0 aliphatic rings. The van der Waals surface area contributed by atoms with Crippen LogP contribution in [0.5, 0.6) is 0 Å². The molecule has 1 unspecified atom stereocenters. The van der Waals surface area contributed by atoms with E-state index in [9.17, 15) is 0 Å². The SMILES string of the molecule is Cc1nc2cc(C(N)C(C)(C)N)ccc2n1C. The zero-order chi connectivity index (χ0) is 12.8. The fourth-order valence-corrected chi connectivity index (χ4v) is 1.96. The van der Waals surface area contributed by atoms with Gasteiger partial charge in [0.15, 0.2) is 0 Å². The normalized spacial score (nSPS) is 14.2. The van der Waals surface area contributed by atoms with Crippen LogP contribution in [0.3, 0.4) is 0 Å². The van der Waals surface area contributed by atoms with E-state index in [1.807, 2.05) is 40.0 Å². The first-order chi connectivity index (χ1) is 7.80. The molecule has 0 spiro atoms. The summed E-state index contributed by atoms with van der Waals surface area (Å²) < 4.78 is 2.07. The van der Waals surface area contributed by atoms with Crippen molar-refractivity contribution in [2.24, 2.45) is 18.5 Å². The first-order valence-corrected chi connectivity index (χ1v) is 5.78. The molecule has 2 aromatic rings. The van der Waals surface area contributed by atoms with Gasteiger partial charge >= 0.3 is 0 Å². The number of hydrogen-bond acceptors (Lipinski definition) is 3. The van der Waals surface area contributed by atoms with E-state index >= 15 is 0 Å². The Morgan fingerprint density at radius 1 is 1.35 bits per heavy atom. The third-order valence-corrected chi connectivity index (χ3v) is 3.29. The molecule has 0 radical (unpaired) electrons. The van der Waals surface area contributed by atoms with E-state index in [-0.39, 0.29) is 6.04 Å². The van der Waals surface area contributed by atoms with E-state index in [4.69, 9.17) is 11.5 Å². The highest BCUT2D eigenvalue weighted by Gasteiger charge is 2.23. The predicted molar refractivity (Wildman–Crippen MR) is 70.6 cm³/mol. The summed E-state index contributed by atoms with van der Waals surface area (Å²) in [5, 5.41) is 0. The largest absolute Gasteiger partial charge is 0.331 e. The Bertz CT molecular complexity index is 548. The topological polar surface area (TPSA) is 69.9 Å². The van der Waals surface area contributed by atoms with Crippen LogP contribution in [0.1, 0.15) is 31.3 Å². The lowest BCUT2D eigenvalue weighted by Crippen LogP contribution is -2.43. The van der Waals surface area contributed by atoms with Crippen LogP contribution in [0.2, 0.25) is 0 Å². The molecular formula is C13H20N4. The average molecular weight is 232 g/mol. The van der Waals surface area contributed by atoms with Crippen molar-refractivity contribution in [3.8, 4) is 0 Å². The molecule has 0 saturated carbocycles. The maximum Gasteiger partial charge on any atom is 0.106 e. The maximum absolute atomic E-state index is 6.15. The highest BCUT2D eigenvalue weighted by molar-refractivity contribution is 5.77. The number of rotatable bonds is 2. The third-order valence-electron chi connectivity index (χ3n) is 3.29. The second-order valence-electron chi connectivity index (χ2n) is 5.27. The van der Waals surface area contributed by atoms with Gasteiger partial charge in [0.2, 0.25) is 0 Å². The first-order valence-electron chi connectivity index (χ1n) is 5.78. The Hall–Kier alpha value is -1.39. The fourth-order valence-electron chi connectivity index (χ4n) is 1.96. The molecule has 0 saturated heterocycles. The molecule has 4 nitrogen and oxygen atoms in total.